The van der Waals surface area contributed by atoms with Crippen LogP contribution in [0.1, 0.15) is 32.7 Å². The molecule has 0 aliphatic rings. The standard InChI is InChI=1S/C12H16N2/c1-3-5-10(2)14-9-7-11-6-4-8-13-12(11)14/h4,6-10H,3,5H2,1-2H3. The number of aromatic nitrogens is 2. The van der Waals surface area contributed by atoms with Crippen molar-refractivity contribution in [1.29, 1.82) is 0 Å². The molecule has 0 saturated heterocycles. The van der Waals surface area contributed by atoms with E-state index in [1.807, 2.05) is 12.3 Å². The zero-order valence-corrected chi connectivity index (χ0v) is 8.77. The molecule has 0 aliphatic carbocycles. The van der Waals surface area contributed by atoms with Crippen LogP contribution in [0.4, 0.5) is 0 Å². The maximum atomic E-state index is 4.41. The first-order valence-corrected chi connectivity index (χ1v) is 5.24. The lowest BCUT2D eigenvalue weighted by Crippen LogP contribution is -2.03. The van der Waals surface area contributed by atoms with E-state index in [1.165, 1.54) is 18.2 Å². The lowest BCUT2D eigenvalue weighted by atomic mass is 10.2. The van der Waals surface area contributed by atoms with Crippen LogP contribution in [0.15, 0.2) is 30.6 Å². The van der Waals surface area contributed by atoms with E-state index >= 15 is 0 Å². The molecular weight excluding hydrogens is 172 g/mol. The molecule has 0 spiro atoms. The summed E-state index contributed by atoms with van der Waals surface area (Å²) in [6.45, 7) is 4.47. The predicted octanol–water partition coefficient (Wildman–Crippen LogP) is 3.40. The van der Waals surface area contributed by atoms with E-state index in [2.05, 4.69) is 41.7 Å². The second kappa shape index (κ2) is 3.82. The second-order valence-electron chi connectivity index (χ2n) is 3.78. The van der Waals surface area contributed by atoms with Crippen molar-refractivity contribution in [1.82, 2.24) is 9.55 Å². The van der Waals surface area contributed by atoms with Crippen LogP contribution < -0.4 is 0 Å². The first-order chi connectivity index (χ1) is 6.83. The largest absolute Gasteiger partial charge is 0.330 e. The molecule has 0 aromatic carbocycles. The number of hydrogen-bond acceptors (Lipinski definition) is 1. The smallest absolute Gasteiger partial charge is 0.140 e. The third-order valence-corrected chi connectivity index (χ3v) is 2.66. The number of fused-ring (bicyclic) bond motifs is 1. The molecule has 74 valence electrons. The van der Waals surface area contributed by atoms with Gasteiger partial charge in [-0.1, -0.05) is 13.3 Å². The first-order valence-electron chi connectivity index (χ1n) is 5.24. The quantitative estimate of drug-likeness (QED) is 0.721. The number of pyridine rings is 1. The molecule has 2 aromatic heterocycles. The fourth-order valence-corrected chi connectivity index (χ4v) is 1.90. The maximum absolute atomic E-state index is 4.41. The molecule has 0 bridgehead atoms. The molecule has 0 fully saturated rings. The zero-order valence-electron chi connectivity index (χ0n) is 8.77. The third kappa shape index (κ3) is 1.52. The van der Waals surface area contributed by atoms with Crippen LogP contribution in [0.25, 0.3) is 11.0 Å². The van der Waals surface area contributed by atoms with E-state index in [0.717, 1.165) is 5.65 Å². The second-order valence-corrected chi connectivity index (χ2v) is 3.78. The highest BCUT2D eigenvalue weighted by atomic mass is 15.0. The van der Waals surface area contributed by atoms with Gasteiger partial charge in [0.1, 0.15) is 5.65 Å². The van der Waals surface area contributed by atoms with E-state index in [9.17, 15) is 0 Å². The number of rotatable bonds is 3. The zero-order chi connectivity index (χ0) is 9.97. The summed E-state index contributed by atoms with van der Waals surface area (Å²) in [7, 11) is 0. The van der Waals surface area contributed by atoms with Gasteiger partial charge < -0.3 is 4.57 Å². The summed E-state index contributed by atoms with van der Waals surface area (Å²) in [5.74, 6) is 0. The molecule has 2 nitrogen and oxygen atoms in total. The average Bonchev–Trinajstić information content (AvgIpc) is 2.61. The molecule has 1 atom stereocenters. The minimum absolute atomic E-state index is 0.549. The lowest BCUT2D eigenvalue weighted by molar-refractivity contribution is 0.512. The molecule has 2 heteroatoms. The molecule has 0 aliphatic heterocycles. The molecule has 0 amide bonds. The third-order valence-electron chi connectivity index (χ3n) is 2.66. The summed E-state index contributed by atoms with van der Waals surface area (Å²) < 4.78 is 2.26. The van der Waals surface area contributed by atoms with Crippen LogP contribution in [-0.4, -0.2) is 9.55 Å². The molecule has 2 aromatic rings. The van der Waals surface area contributed by atoms with Crippen molar-refractivity contribution < 1.29 is 0 Å². The van der Waals surface area contributed by atoms with Gasteiger partial charge in [-0.2, -0.15) is 0 Å². The van der Waals surface area contributed by atoms with Crippen molar-refractivity contribution in [2.75, 3.05) is 0 Å². The van der Waals surface area contributed by atoms with Gasteiger partial charge in [-0.05, 0) is 31.5 Å². The first kappa shape index (κ1) is 9.25. The van der Waals surface area contributed by atoms with Crippen LogP contribution in [0, 0.1) is 0 Å². The van der Waals surface area contributed by atoms with Crippen LogP contribution in [0.2, 0.25) is 0 Å². The Morgan fingerprint density at radius 3 is 3.07 bits per heavy atom. The molecule has 14 heavy (non-hydrogen) atoms. The predicted molar refractivity (Wildman–Crippen MR) is 59.4 cm³/mol. The van der Waals surface area contributed by atoms with Crippen LogP contribution in [0.3, 0.4) is 0 Å². The van der Waals surface area contributed by atoms with E-state index < -0.39 is 0 Å². The van der Waals surface area contributed by atoms with E-state index in [1.54, 1.807) is 0 Å². The Hall–Kier alpha value is -1.31. The van der Waals surface area contributed by atoms with Crippen LogP contribution in [-0.2, 0) is 0 Å². The number of nitrogens with zero attached hydrogens (tertiary/aromatic N) is 2. The summed E-state index contributed by atoms with van der Waals surface area (Å²) >= 11 is 0. The molecule has 0 N–H and O–H groups in total. The van der Waals surface area contributed by atoms with Crippen molar-refractivity contribution in [3.8, 4) is 0 Å². The highest BCUT2D eigenvalue weighted by molar-refractivity contribution is 5.75. The molecule has 0 radical (unpaired) electrons. The van der Waals surface area contributed by atoms with Crippen molar-refractivity contribution >= 4 is 11.0 Å². The lowest BCUT2D eigenvalue weighted by Gasteiger charge is -2.12. The minimum atomic E-state index is 0.549. The molecule has 2 rings (SSSR count). The Bertz CT molecular complexity index is 417. The summed E-state index contributed by atoms with van der Waals surface area (Å²) in [6, 6.07) is 6.77. The van der Waals surface area contributed by atoms with Gasteiger partial charge in [0.25, 0.3) is 0 Å². The van der Waals surface area contributed by atoms with Gasteiger partial charge in [0.15, 0.2) is 0 Å². The molecular formula is C12H16N2. The summed E-state index contributed by atoms with van der Waals surface area (Å²) in [6.07, 6.45) is 6.42. The molecule has 1 unspecified atom stereocenters. The van der Waals surface area contributed by atoms with Gasteiger partial charge in [-0.25, -0.2) is 4.98 Å². The number of hydrogen-bond donors (Lipinski definition) is 0. The normalized spacial score (nSPS) is 13.3. The molecule has 0 saturated carbocycles. The van der Waals surface area contributed by atoms with Gasteiger partial charge >= 0.3 is 0 Å². The van der Waals surface area contributed by atoms with E-state index in [-0.39, 0.29) is 0 Å². The monoisotopic (exact) mass is 188 g/mol. The summed E-state index contributed by atoms with van der Waals surface area (Å²) in [5, 5.41) is 1.23. The van der Waals surface area contributed by atoms with Crippen molar-refractivity contribution in [3.63, 3.8) is 0 Å². The maximum Gasteiger partial charge on any atom is 0.140 e. The van der Waals surface area contributed by atoms with Crippen molar-refractivity contribution in [3.05, 3.63) is 30.6 Å². The van der Waals surface area contributed by atoms with Crippen LogP contribution in [0.5, 0.6) is 0 Å². The highest BCUT2D eigenvalue weighted by Gasteiger charge is 2.07. The van der Waals surface area contributed by atoms with E-state index in [0.29, 0.717) is 6.04 Å². The fraction of sp³-hybridized carbons (Fsp3) is 0.417. The molecule has 2 heterocycles. The summed E-state index contributed by atoms with van der Waals surface area (Å²) in [5.41, 5.74) is 1.11. The highest BCUT2D eigenvalue weighted by Crippen LogP contribution is 2.20. The topological polar surface area (TPSA) is 17.8 Å². The Kier molecular flexibility index (Phi) is 2.53. The fourth-order valence-electron chi connectivity index (χ4n) is 1.90. The van der Waals surface area contributed by atoms with Crippen molar-refractivity contribution in [2.24, 2.45) is 0 Å². The average molecular weight is 188 g/mol. The minimum Gasteiger partial charge on any atom is -0.330 e. The van der Waals surface area contributed by atoms with Gasteiger partial charge in [-0.15, -0.1) is 0 Å². The van der Waals surface area contributed by atoms with Gasteiger partial charge in [0.05, 0.1) is 0 Å². The summed E-state index contributed by atoms with van der Waals surface area (Å²) in [4.78, 5) is 4.41. The van der Waals surface area contributed by atoms with Crippen LogP contribution >= 0.6 is 0 Å². The van der Waals surface area contributed by atoms with Gasteiger partial charge in [0.2, 0.25) is 0 Å². The Balaban J connectivity index is 2.42. The van der Waals surface area contributed by atoms with Crippen molar-refractivity contribution in [2.45, 2.75) is 32.7 Å². The van der Waals surface area contributed by atoms with E-state index in [4.69, 9.17) is 0 Å². The van der Waals surface area contributed by atoms with Gasteiger partial charge in [-0.3, -0.25) is 0 Å². The SMILES string of the molecule is CCCC(C)n1ccc2cccnc21. The van der Waals surface area contributed by atoms with Gasteiger partial charge in [0, 0.05) is 23.8 Å². The Labute approximate surface area is 84.6 Å². The Morgan fingerprint density at radius 1 is 1.43 bits per heavy atom. The Morgan fingerprint density at radius 2 is 2.29 bits per heavy atom.